The molecule has 2 aliphatic rings. The van der Waals surface area contributed by atoms with Gasteiger partial charge in [-0.05, 0) is 56.5 Å². The van der Waals surface area contributed by atoms with Gasteiger partial charge in [-0.2, -0.15) is 0 Å². The lowest BCUT2D eigenvalue weighted by atomic mass is 9.97. The van der Waals surface area contributed by atoms with Gasteiger partial charge in [0, 0.05) is 31.2 Å². The van der Waals surface area contributed by atoms with Gasteiger partial charge in [0.15, 0.2) is 0 Å². The third kappa shape index (κ3) is 5.18. The first-order valence-corrected chi connectivity index (χ1v) is 12.8. The topological polar surface area (TPSA) is 83.2 Å². The number of hydrogen-bond donors (Lipinski definition) is 1. The molecule has 0 aliphatic carbocycles. The van der Waals surface area contributed by atoms with Gasteiger partial charge in [0.1, 0.15) is 23.3 Å². The summed E-state index contributed by atoms with van der Waals surface area (Å²) in [6, 6.07) is 19.8. The quantitative estimate of drug-likeness (QED) is 0.274. The van der Waals surface area contributed by atoms with Gasteiger partial charge in [-0.1, -0.05) is 42.5 Å². The van der Waals surface area contributed by atoms with E-state index >= 15 is 0 Å². The van der Waals surface area contributed by atoms with Crippen molar-refractivity contribution in [3.63, 3.8) is 0 Å². The van der Waals surface area contributed by atoms with Crippen LogP contribution in [0.3, 0.4) is 0 Å². The van der Waals surface area contributed by atoms with Crippen LogP contribution in [0, 0.1) is 0 Å². The Morgan fingerprint density at radius 1 is 1.03 bits per heavy atom. The van der Waals surface area contributed by atoms with Crippen molar-refractivity contribution >= 4 is 17.4 Å². The molecule has 2 aromatic carbocycles. The summed E-state index contributed by atoms with van der Waals surface area (Å²) >= 11 is 0. The number of ether oxygens (including phenoxy) is 1. The Labute approximate surface area is 216 Å². The zero-order chi connectivity index (χ0) is 25.9. The lowest BCUT2D eigenvalue weighted by Gasteiger charge is -2.38. The van der Waals surface area contributed by atoms with Crippen LogP contribution in [0.2, 0.25) is 0 Å². The fourth-order valence-electron chi connectivity index (χ4n) is 5.29. The van der Waals surface area contributed by atoms with E-state index in [1.165, 1.54) is 11.8 Å². The fourth-order valence-corrected chi connectivity index (χ4v) is 5.29. The van der Waals surface area contributed by atoms with E-state index in [2.05, 4.69) is 17.0 Å². The summed E-state index contributed by atoms with van der Waals surface area (Å²) in [7, 11) is 0. The van der Waals surface area contributed by atoms with Crippen molar-refractivity contribution in [2.45, 2.75) is 51.4 Å². The molecule has 0 saturated carbocycles. The molecule has 2 saturated heterocycles. The molecule has 1 unspecified atom stereocenters. The summed E-state index contributed by atoms with van der Waals surface area (Å²) < 4.78 is 11.5. The molecular weight excluding hydrogens is 468 g/mol. The van der Waals surface area contributed by atoms with Gasteiger partial charge in [0.05, 0.1) is 17.9 Å². The molecule has 2 fully saturated rings. The fraction of sp³-hybridized carbons (Fsp3) is 0.333. The van der Waals surface area contributed by atoms with Gasteiger partial charge in [0.2, 0.25) is 0 Å². The van der Waals surface area contributed by atoms with E-state index in [9.17, 15) is 14.7 Å². The van der Waals surface area contributed by atoms with Crippen LogP contribution in [0.1, 0.15) is 49.6 Å². The van der Waals surface area contributed by atoms with Crippen molar-refractivity contribution in [3.05, 3.63) is 95.5 Å². The zero-order valence-corrected chi connectivity index (χ0v) is 21.2. The van der Waals surface area contributed by atoms with Gasteiger partial charge in [-0.25, -0.2) is 0 Å². The zero-order valence-electron chi connectivity index (χ0n) is 21.2. The molecule has 0 bridgehead atoms. The minimum Gasteiger partial charge on any atom is -0.507 e. The van der Waals surface area contributed by atoms with Crippen molar-refractivity contribution in [1.82, 2.24) is 9.80 Å². The number of hydrogen-bond acceptors (Lipinski definition) is 6. The third-order valence-electron chi connectivity index (χ3n) is 6.97. The minimum atomic E-state index is -0.782. The van der Waals surface area contributed by atoms with Crippen molar-refractivity contribution in [1.29, 1.82) is 0 Å². The molecule has 5 rings (SSSR count). The van der Waals surface area contributed by atoms with Crippen LogP contribution in [0.5, 0.6) is 5.75 Å². The lowest BCUT2D eigenvalue weighted by molar-refractivity contribution is -0.142. The SMILES string of the molecule is CC(C)Oc1cccc(/C(O)=C2/C(=O)C(=O)N(C3CCN(Cc4ccccc4)CC3)C2c2ccco2)c1. The van der Waals surface area contributed by atoms with Gasteiger partial charge >= 0.3 is 0 Å². The molecular formula is C30H32N2O5. The highest BCUT2D eigenvalue weighted by Gasteiger charge is 2.50. The number of amides is 1. The molecule has 0 radical (unpaired) electrons. The first kappa shape index (κ1) is 24.8. The summed E-state index contributed by atoms with van der Waals surface area (Å²) in [4.78, 5) is 30.7. The maximum atomic E-state index is 13.4. The standard InChI is InChI=1S/C30H32N2O5/c1-20(2)37-24-11-6-10-22(18-24)28(33)26-27(25-12-7-17-36-25)32(30(35)29(26)34)23-13-15-31(16-14-23)19-21-8-4-3-5-9-21/h3-12,17-18,20,23,27,33H,13-16,19H2,1-2H3/b28-26-. The number of carbonyl (C=O) groups excluding carboxylic acids is 2. The maximum Gasteiger partial charge on any atom is 0.296 e. The van der Waals surface area contributed by atoms with E-state index in [0.717, 1.165) is 32.5 Å². The lowest BCUT2D eigenvalue weighted by Crippen LogP contribution is -2.46. The molecule has 3 heterocycles. The Morgan fingerprint density at radius 3 is 2.46 bits per heavy atom. The van der Waals surface area contributed by atoms with E-state index in [4.69, 9.17) is 9.15 Å². The number of piperidine rings is 1. The molecule has 2 aliphatic heterocycles. The molecule has 7 heteroatoms. The maximum absolute atomic E-state index is 13.4. The van der Waals surface area contributed by atoms with Crippen LogP contribution < -0.4 is 4.74 Å². The molecule has 1 amide bonds. The van der Waals surface area contributed by atoms with Crippen molar-refractivity contribution in [2.24, 2.45) is 0 Å². The number of likely N-dealkylation sites (tertiary alicyclic amines) is 2. The van der Waals surface area contributed by atoms with Crippen LogP contribution in [-0.4, -0.2) is 51.8 Å². The predicted molar refractivity (Wildman–Crippen MR) is 140 cm³/mol. The molecule has 37 heavy (non-hydrogen) atoms. The molecule has 192 valence electrons. The normalized spacial score (nSPS) is 20.6. The summed E-state index contributed by atoms with van der Waals surface area (Å²) in [5, 5.41) is 11.3. The van der Waals surface area contributed by atoms with Crippen LogP contribution in [0.15, 0.2) is 83.0 Å². The first-order chi connectivity index (χ1) is 17.9. The number of carbonyl (C=O) groups is 2. The van der Waals surface area contributed by atoms with Crippen LogP contribution in [0.4, 0.5) is 0 Å². The van der Waals surface area contributed by atoms with Crippen molar-refractivity contribution in [2.75, 3.05) is 13.1 Å². The third-order valence-corrected chi connectivity index (χ3v) is 6.97. The Morgan fingerprint density at radius 2 is 1.78 bits per heavy atom. The van der Waals surface area contributed by atoms with Gasteiger partial charge in [-0.15, -0.1) is 0 Å². The Bertz CT molecular complexity index is 1270. The average Bonchev–Trinajstić information content (AvgIpc) is 3.51. The van der Waals surface area contributed by atoms with Crippen LogP contribution in [0.25, 0.3) is 5.76 Å². The average molecular weight is 501 g/mol. The van der Waals surface area contributed by atoms with Crippen LogP contribution >= 0.6 is 0 Å². The van der Waals surface area contributed by atoms with E-state index in [1.54, 1.807) is 41.3 Å². The predicted octanol–water partition coefficient (Wildman–Crippen LogP) is 5.15. The molecule has 1 aromatic heterocycles. The Balaban J connectivity index is 1.43. The number of furan rings is 1. The smallest absolute Gasteiger partial charge is 0.296 e. The summed E-state index contributed by atoms with van der Waals surface area (Å²) in [5.74, 6) is -0.478. The Hall–Kier alpha value is -3.84. The number of Topliss-reactive ketones (excluding diaryl/α,β-unsaturated/α-hetero) is 1. The second-order valence-corrected chi connectivity index (χ2v) is 9.91. The highest BCUT2D eigenvalue weighted by molar-refractivity contribution is 6.46. The van der Waals surface area contributed by atoms with Gasteiger partial charge in [0.25, 0.3) is 11.7 Å². The summed E-state index contributed by atoms with van der Waals surface area (Å²) in [6.07, 6.45) is 2.94. The summed E-state index contributed by atoms with van der Waals surface area (Å²) in [6.45, 7) is 6.30. The van der Waals surface area contributed by atoms with Gasteiger partial charge in [-0.3, -0.25) is 14.5 Å². The highest BCUT2D eigenvalue weighted by atomic mass is 16.5. The van der Waals surface area contributed by atoms with Crippen LogP contribution in [-0.2, 0) is 16.1 Å². The van der Waals surface area contributed by atoms with Crippen molar-refractivity contribution in [3.8, 4) is 5.75 Å². The van der Waals surface area contributed by atoms with E-state index in [-0.39, 0.29) is 23.5 Å². The molecule has 0 spiro atoms. The number of rotatable bonds is 7. The monoisotopic (exact) mass is 500 g/mol. The number of nitrogens with zero attached hydrogens (tertiary/aromatic N) is 2. The largest absolute Gasteiger partial charge is 0.507 e. The molecule has 1 atom stereocenters. The van der Waals surface area contributed by atoms with E-state index in [0.29, 0.717) is 17.1 Å². The van der Waals surface area contributed by atoms with E-state index < -0.39 is 17.7 Å². The number of aliphatic hydroxyl groups is 1. The first-order valence-electron chi connectivity index (χ1n) is 12.8. The molecule has 1 N–H and O–H groups in total. The number of benzene rings is 2. The number of ketones is 1. The van der Waals surface area contributed by atoms with Crippen molar-refractivity contribution < 1.29 is 23.8 Å². The molecule has 7 nitrogen and oxygen atoms in total. The second-order valence-electron chi connectivity index (χ2n) is 9.91. The second kappa shape index (κ2) is 10.6. The van der Waals surface area contributed by atoms with E-state index in [1.807, 2.05) is 32.0 Å². The number of aliphatic hydroxyl groups excluding tert-OH is 1. The highest BCUT2D eigenvalue weighted by Crippen LogP contribution is 2.42. The molecule has 3 aromatic rings. The minimum absolute atomic E-state index is 0.0427. The summed E-state index contributed by atoms with van der Waals surface area (Å²) in [5.41, 5.74) is 1.72. The van der Waals surface area contributed by atoms with Gasteiger partial charge < -0.3 is 19.2 Å². The Kier molecular flexibility index (Phi) is 7.15.